The van der Waals surface area contributed by atoms with Gasteiger partial charge in [-0.2, -0.15) is 0 Å². The average Bonchev–Trinajstić information content (AvgIpc) is 2.50. The molecule has 0 aromatic heterocycles. The van der Waals surface area contributed by atoms with Crippen molar-refractivity contribution in [1.82, 2.24) is 4.72 Å². The van der Waals surface area contributed by atoms with Gasteiger partial charge in [-0.1, -0.05) is 0 Å². The molecule has 2 aromatic carbocycles. The third-order valence-electron chi connectivity index (χ3n) is 2.99. The van der Waals surface area contributed by atoms with Crippen LogP contribution >= 0.6 is 0 Å². The summed E-state index contributed by atoms with van der Waals surface area (Å²) in [5.74, 6) is -2.46. The highest BCUT2D eigenvalue weighted by Gasteiger charge is 2.14. The van der Waals surface area contributed by atoms with Crippen molar-refractivity contribution in [2.75, 3.05) is 13.2 Å². The van der Waals surface area contributed by atoms with Gasteiger partial charge in [0.2, 0.25) is 10.0 Å². The lowest BCUT2D eigenvalue weighted by Gasteiger charge is -2.09. The van der Waals surface area contributed by atoms with Gasteiger partial charge in [-0.25, -0.2) is 26.3 Å². The quantitative estimate of drug-likeness (QED) is 0.819. The Kier molecular flexibility index (Phi) is 5.27. The fraction of sp³-hybridized carbons (Fsp3) is 0.200. The van der Waals surface area contributed by atoms with Crippen molar-refractivity contribution < 1.29 is 26.3 Å². The molecular weight excluding hydrogens is 331 g/mol. The zero-order valence-corrected chi connectivity index (χ0v) is 13.0. The van der Waals surface area contributed by atoms with Crippen molar-refractivity contribution in [2.24, 2.45) is 0 Å². The van der Waals surface area contributed by atoms with Crippen LogP contribution in [0, 0.1) is 24.4 Å². The minimum atomic E-state index is -3.80. The zero-order chi connectivity index (χ0) is 17.0. The van der Waals surface area contributed by atoms with Crippen molar-refractivity contribution in [2.45, 2.75) is 11.8 Å². The molecule has 0 saturated heterocycles. The highest BCUT2D eigenvalue weighted by Crippen LogP contribution is 2.16. The highest BCUT2D eigenvalue weighted by atomic mass is 32.2. The van der Waals surface area contributed by atoms with Gasteiger partial charge in [0.25, 0.3) is 0 Å². The van der Waals surface area contributed by atoms with Gasteiger partial charge in [0.05, 0.1) is 4.90 Å². The first kappa shape index (κ1) is 17.3. The van der Waals surface area contributed by atoms with E-state index in [1.807, 2.05) is 0 Å². The maximum atomic E-state index is 13.1. The summed E-state index contributed by atoms with van der Waals surface area (Å²) in [6, 6.07) is 6.45. The molecule has 23 heavy (non-hydrogen) atoms. The fourth-order valence-corrected chi connectivity index (χ4v) is 2.88. The second kappa shape index (κ2) is 7.01. The van der Waals surface area contributed by atoms with Crippen molar-refractivity contribution >= 4 is 10.0 Å². The SMILES string of the molecule is Cc1cc(S(=O)(=O)NCCOc2ccc(F)c(F)c2)ccc1F. The molecule has 0 spiro atoms. The Morgan fingerprint density at radius 3 is 2.35 bits per heavy atom. The molecule has 2 rings (SSSR count). The summed E-state index contributed by atoms with van der Waals surface area (Å²) in [5.41, 5.74) is 0.214. The summed E-state index contributed by atoms with van der Waals surface area (Å²) in [4.78, 5) is -0.0655. The van der Waals surface area contributed by atoms with E-state index in [-0.39, 0.29) is 29.4 Å². The summed E-state index contributed by atoms with van der Waals surface area (Å²) in [6.07, 6.45) is 0. The predicted molar refractivity (Wildman–Crippen MR) is 78.2 cm³/mol. The molecule has 0 unspecified atom stereocenters. The number of sulfonamides is 1. The smallest absolute Gasteiger partial charge is 0.240 e. The number of ether oxygens (including phenoxy) is 1. The average molecular weight is 345 g/mol. The summed E-state index contributed by atoms with van der Waals surface area (Å²) in [6.45, 7) is 1.29. The second-order valence-corrected chi connectivity index (χ2v) is 6.50. The Bertz CT molecular complexity index is 810. The summed E-state index contributed by atoms with van der Waals surface area (Å²) >= 11 is 0. The number of nitrogens with one attached hydrogen (secondary N) is 1. The van der Waals surface area contributed by atoms with Crippen LogP contribution in [-0.4, -0.2) is 21.6 Å². The molecule has 0 saturated carbocycles. The van der Waals surface area contributed by atoms with E-state index in [0.29, 0.717) is 0 Å². The van der Waals surface area contributed by atoms with Crippen LogP contribution in [-0.2, 0) is 10.0 Å². The molecule has 0 bridgehead atoms. The zero-order valence-electron chi connectivity index (χ0n) is 12.1. The number of rotatable bonds is 6. The summed E-state index contributed by atoms with van der Waals surface area (Å²) in [7, 11) is -3.80. The van der Waals surface area contributed by atoms with E-state index in [9.17, 15) is 21.6 Å². The van der Waals surface area contributed by atoms with Gasteiger partial charge in [0.1, 0.15) is 18.2 Å². The van der Waals surface area contributed by atoms with Crippen molar-refractivity contribution in [3.8, 4) is 5.75 Å². The third-order valence-corrected chi connectivity index (χ3v) is 4.45. The van der Waals surface area contributed by atoms with Gasteiger partial charge in [0, 0.05) is 12.6 Å². The Hall–Kier alpha value is -2.06. The van der Waals surface area contributed by atoms with Crippen LogP contribution in [0.25, 0.3) is 0 Å². The molecule has 0 heterocycles. The molecule has 4 nitrogen and oxygen atoms in total. The predicted octanol–water partition coefficient (Wildman–Crippen LogP) is 2.77. The van der Waals surface area contributed by atoms with E-state index < -0.39 is 27.5 Å². The number of halogens is 3. The van der Waals surface area contributed by atoms with E-state index in [0.717, 1.165) is 24.3 Å². The number of aryl methyl sites for hydroxylation is 1. The summed E-state index contributed by atoms with van der Waals surface area (Å²) < 4.78 is 70.3. The van der Waals surface area contributed by atoms with Crippen molar-refractivity contribution in [3.63, 3.8) is 0 Å². The standard InChI is InChI=1S/C15H14F3NO3S/c1-10-8-12(3-5-13(10)16)23(20,21)19-6-7-22-11-2-4-14(17)15(18)9-11/h2-5,8-9,19H,6-7H2,1H3. The molecule has 0 aliphatic heterocycles. The van der Waals surface area contributed by atoms with E-state index in [1.54, 1.807) is 0 Å². The van der Waals surface area contributed by atoms with Gasteiger partial charge in [-0.05, 0) is 42.8 Å². The lowest BCUT2D eigenvalue weighted by Crippen LogP contribution is -2.28. The molecule has 2 aromatic rings. The maximum Gasteiger partial charge on any atom is 0.240 e. The lowest BCUT2D eigenvalue weighted by atomic mass is 10.2. The molecule has 0 aliphatic rings. The minimum absolute atomic E-state index is 0.0655. The van der Waals surface area contributed by atoms with Crippen molar-refractivity contribution in [3.05, 3.63) is 59.4 Å². The first-order valence-corrected chi connectivity index (χ1v) is 8.11. The Morgan fingerprint density at radius 1 is 1.00 bits per heavy atom. The van der Waals surface area contributed by atoms with E-state index in [1.165, 1.54) is 19.1 Å². The first-order chi connectivity index (χ1) is 10.8. The van der Waals surface area contributed by atoms with Crippen LogP contribution in [0.2, 0.25) is 0 Å². The molecule has 0 radical (unpaired) electrons. The molecule has 0 atom stereocenters. The maximum absolute atomic E-state index is 13.1. The van der Waals surface area contributed by atoms with Gasteiger partial charge in [-0.15, -0.1) is 0 Å². The Labute approximate surface area is 132 Å². The van der Waals surface area contributed by atoms with Crippen LogP contribution in [0.15, 0.2) is 41.3 Å². The largest absolute Gasteiger partial charge is 0.492 e. The van der Waals surface area contributed by atoms with Gasteiger partial charge >= 0.3 is 0 Å². The third kappa shape index (κ3) is 4.46. The van der Waals surface area contributed by atoms with Crippen LogP contribution in [0.3, 0.4) is 0 Å². The minimum Gasteiger partial charge on any atom is -0.492 e. The number of hydrogen-bond acceptors (Lipinski definition) is 3. The summed E-state index contributed by atoms with van der Waals surface area (Å²) in [5, 5.41) is 0. The van der Waals surface area contributed by atoms with Crippen LogP contribution in [0.1, 0.15) is 5.56 Å². The molecule has 124 valence electrons. The number of benzene rings is 2. The number of hydrogen-bond donors (Lipinski definition) is 1. The van der Waals surface area contributed by atoms with E-state index in [4.69, 9.17) is 4.74 Å². The van der Waals surface area contributed by atoms with Gasteiger partial charge < -0.3 is 4.74 Å². The topological polar surface area (TPSA) is 55.4 Å². The van der Waals surface area contributed by atoms with E-state index >= 15 is 0 Å². The van der Waals surface area contributed by atoms with Crippen LogP contribution < -0.4 is 9.46 Å². The lowest BCUT2D eigenvalue weighted by molar-refractivity contribution is 0.319. The van der Waals surface area contributed by atoms with Crippen LogP contribution in [0.5, 0.6) is 5.75 Å². The van der Waals surface area contributed by atoms with Gasteiger partial charge in [-0.3, -0.25) is 0 Å². The Morgan fingerprint density at radius 2 is 1.70 bits per heavy atom. The monoisotopic (exact) mass is 345 g/mol. The molecule has 8 heteroatoms. The molecule has 1 N–H and O–H groups in total. The highest BCUT2D eigenvalue weighted by molar-refractivity contribution is 7.89. The second-order valence-electron chi connectivity index (χ2n) is 4.73. The Balaban J connectivity index is 1.92. The van der Waals surface area contributed by atoms with E-state index in [2.05, 4.69) is 4.72 Å². The molecule has 0 fully saturated rings. The molecule has 0 amide bonds. The first-order valence-electron chi connectivity index (χ1n) is 6.63. The van der Waals surface area contributed by atoms with Gasteiger partial charge in [0.15, 0.2) is 11.6 Å². The normalized spacial score (nSPS) is 11.5. The van der Waals surface area contributed by atoms with Crippen LogP contribution in [0.4, 0.5) is 13.2 Å². The van der Waals surface area contributed by atoms with Crippen molar-refractivity contribution in [1.29, 1.82) is 0 Å². The fourth-order valence-electron chi connectivity index (χ4n) is 1.78. The molecule has 0 aliphatic carbocycles. The molecular formula is C15H14F3NO3S.